The quantitative estimate of drug-likeness (QED) is 0.881. The highest BCUT2D eigenvalue weighted by Gasteiger charge is 2.33. The maximum absolute atomic E-state index is 13.7. The van der Waals surface area contributed by atoms with E-state index in [1.165, 1.54) is 31.7 Å². The first-order valence-electron chi connectivity index (χ1n) is 8.24. The van der Waals surface area contributed by atoms with E-state index in [9.17, 15) is 4.39 Å². The zero-order valence-electron chi connectivity index (χ0n) is 13.1. The van der Waals surface area contributed by atoms with Gasteiger partial charge in [0.25, 0.3) is 0 Å². The number of methoxy groups -OCH3 is 1. The third-order valence-electron chi connectivity index (χ3n) is 5.09. The summed E-state index contributed by atoms with van der Waals surface area (Å²) in [7, 11) is 1.68. The minimum Gasteiger partial charge on any atom is -0.496 e. The van der Waals surface area contributed by atoms with Gasteiger partial charge in [0.15, 0.2) is 0 Å². The minimum absolute atomic E-state index is 0.155. The molecule has 3 rings (SSSR count). The van der Waals surface area contributed by atoms with Gasteiger partial charge in [-0.15, -0.1) is 0 Å². The Bertz CT molecular complexity index is 486. The summed E-state index contributed by atoms with van der Waals surface area (Å²) in [4.78, 5) is 0. The molecule has 0 amide bonds. The van der Waals surface area contributed by atoms with Crippen molar-refractivity contribution in [1.29, 1.82) is 0 Å². The number of rotatable bonds is 5. The molecule has 0 bridgehead atoms. The SMILES string of the molecule is COc1ccc(F)cc1C1CC(C)CCC1CNC1CC1. The van der Waals surface area contributed by atoms with E-state index in [0.717, 1.165) is 30.3 Å². The minimum atomic E-state index is -0.155. The Morgan fingerprint density at radius 3 is 2.76 bits per heavy atom. The van der Waals surface area contributed by atoms with Crippen LogP contribution in [-0.2, 0) is 0 Å². The number of hydrogen-bond donors (Lipinski definition) is 1. The van der Waals surface area contributed by atoms with Crippen LogP contribution < -0.4 is 10.1 Å². The summed E-state index contributed by atoms with van der Waals surface area (Å²) >= 11 is 0. The Morgan fingerprint density at radius 2 is 2.05 bits per heavy atom. The molecular weight excluding hydrogens is 265 g/mol. The van der Waals surface area contributed by atoms with Crippen LogP contribution in [0.15, 0.2) is 18.2 Å². The average Bonchev–Trinajstić information content (AvgIpc) is 3.30. The van der Waals surface area contributed by atoms with E-state index in [4.69, 9.17) is 4.74 Å². The zero-order chi connectivity index (χ0) is 14.8. The van der Waals surface area contributed by atoms with Crippen molar-refractivity contribution in [2.45, 2.75) is 51.0 Å². The molecule has 3 heteroatoms. The van der Waals surface area contributed by atoms with Crippen LogP contribution in [0, 0.1) is 17.7 Å². The molecule has 2 aliphatic carbocycles. The van der Waals surface area contributed by atoms with Crippen LogP contribution in [0.2, 0.25) is 0 Å². The molecule has 2 aliphatic rings. The largest absolute Gasteiger partial charge is 0.496 e. The van der Waals surface area contributed by atoms with Gasteiger partial charge < -0.3 is 10.1 Å². The Balaban J connectivity index is 1.81. The number of benzene rings is 1. The van der Waals surface area contributed by atoms with Crippen molar-refractivity contribution >= 4 is 0 Å². The molecule has 0 radical (unpaired) electrons. The van der Waals surface area contributed by atoms with E-state index in [0.29, 0.717) is 17.8 Å². The summed E-state index contributed by atoms with van der Waals surface area (Å²) in [6.07, 6.45) is 6.28. The zero-order valence-corrected chi connectivity index (χ0v) is 13.1. The molecule has 1 aromatic carbocycles. The fraction of sp³-hybridized carbons (Fsp3) is 0.667. The van der Waals surface area contributed by atoms with Crippen molar-refractivity contribution in [2.24, 2.45) is 11.8 Å². The Hall–Kier alpha value is -1.09. The summed E-state index contributed by atoms with van der Waals surface area (Å²) in [5.41, 5.74) is 1.06. The van der Waals surface area contributed by atoms with Crippen LogP contribution in [-0.4, -0.2) is 19.7 Å². The van der Waals surface area contributed by atoms with Crippen molar-refractivity contribution in [3.05, 3.63) is 29.6 Å². The maximum Gasteiger partial charge on any atom is 0.123 e. The highest BCUT2D eigenvalue weighted by Crippen LogP contribution is 2.43. The van der Waals surface area contributed by atoms with E-state index >= 15 is 0 Å². The van der Waals surface area contributed by atoms with E-state index in [1.54, 1.807) is 19.2 Å². The maximum atomic E-state index is 13.7. The van der Waals surface area contributed by atoms with Crippen molar-refractivity contribution in [1.82, 2.24) is 5.32 Å². The van der Waals surface area contributed by atoms with Crippen molar-refractivity contribution in [2.75, 3.05) is 13.7 Å². The van der Waals surface area contributed by atoms with Crippen LogP contribution >= 0.6 is 0 Å². The predicted octanol–water partition coefficient (Wildman–Crippen LogP) is 4.11. The van der Waals surface area contributed by atoms with Gasteiger partial charge in [0, 0.05) is 11.6 Å². The van der Waals surface area contributed by atoms with Crippen LogP contribution in [0.25, 0.3) is 0 Å². The highest BCUT2D eigenvalue weighted by molar-refractivity contribution is 5.37. The van der Waals surface area contributed by atoms with Crippen LogP contribution in [0.5, 0.6) is 5.75 Å². The van der Waals surface area contributed by atoms with Crippen molar-refractivity contribution in [3.63, 3.8) is 0 Å². The lowest BCUT2D eigenvalue weighted by molar-refractivity contribution is 0.236. The second-order valence-corrected chi connectivity index (χ2v) is 6.85. The molecule has 0 heterocycles. The number of nitrogens with one attached hydrogen (secondary N) is 1. The van der Waals surface area contributed by atoms with E-state index in [2.05, 4.69) is 12.2 Å². The monoisotopic (exact) mass is 291 g/mol. The number of ether oxygens (including phenoxy) is 1. The number of halogens is 1. The smallest absolute Gasteiger partial charge is 0.123 e. The first-order chi connectivity index (χ1) is 10.2. The molecule has 3 atom stereocenters. The third kappa shape index (κ3) is 3.57. The molecule has 1 aromatic rings. The lowest BCUT2D eigenvalue weighted by Crippen LogP contribution is -2.32. The van der Waals surface area contributed by atoms with Gasteiger partial charge in [0.05, 0.1) is 7.11 Å². The lowest BCUT2D eigenvalue weighted by atomic mass is 9.71. The fourth-order valence-corrected chi connectivity index (χ4v) is 3.67. The molecule has 21 heavy (non-hydrogen) atoms. The van der Waals surface area contributed by atoms with Crippen molar-refractivity contribution in [3.8, 4) is 5.75 Å². The summed E-state index contributed by atoms with van der Waals surface area (Å²) < 4.78 is 19.2. The highest BCUT2D eigenvalue weighted by atomic mass is 19.1. The van der Waals surface area contributed by atoms with Gasteiger partial charge in [-0.25, -0.2) is 4.39 Å². The van der Waals surface area contributed by atoms with Gasteiger partial charge in [0.2, 0.25) is 0 Å². The fourth-order valence-electron chi connectivity index (χ4n) is 3.67. The molecule has 2 nitrogen and oxygen atoms in total. The molecule has 1 N–H and O–H groups in total. The van der Waals surface area contributed by atoms with Gasteiger partial charge >= 0.3 is 0 Å². The molecule has 2 saturated carbocycles. The Kier molecular flexibility index (Phi) is 4.48. The molecule has 116 valence electrons. The van der Waals surface area contributed by atoms with Gasteiger partial charge in [-0.2, -0.15) is 0 Å². The predicted molar refractivity (Wildman–Crippen MR) is 83.2 cm³/mol. The standard InChI is InChI=1S/C18H26FNO/c1-12-3-4-13(11-20-15-6-7-15)16(9-12)17-10-14(19)5-8-18(17)21-2/h5,8,10,12-13,15-16,20H,3-4,6-7,9,11H2,1-2H3. The van der Waals surface area contributed by atoms with Gasteiger partial charge in [-0.3, -0.25) is 0 Å². The molecule has 0 aliphatic heterocycles. The van der Waals surface area contributed by atoms with Gasteiger partial charge in [-0.1, -0.05) is 13.3 Å². The molecular formula is C18H26FNO. The van der Waals surface area contributed by atoms with Gasteiger partial charge in [0.1, 0.15) is 11.6 Å². The van der Waals surface area contributed by atoms with Gasteiger partial charge in [-0.05, 0) is 68.2 Å². The first kappa shape index (κ1) is 14.8. The Morgan fingerprint density at radius 1 is 1.24 bits per heavy atom. The first-order valence-corrected chi connectivity index (χ1v) is 8.24. The van der Waals surface area contributed by atoms with Crippen molar-refractivity contribution < 1.29 is 9.13 Å². The van der Waals surface area contributed by atoms with Crippen LogP contribution in [0.1, 0.15) is 50.5 Å². The average molecular weight is 291 g/mol. The lowest BCUT2D eigenvalue weighted by Gasteiger charge is -2.36. The summed E-state index contributed by atoms with van der Waals surface area (Å²) in [6, 6.07) is 5.69. The second-order valence-electron chi connectivity index (χ2n) is 6.85. The summed E-state index contributed by atoms with van der Waals surface area (Å²) in [5.74, 6) is 2.40. The normalized spacial score (nSPS) is 29.4. The molecule has 0 spiro atoms. The van der Waals surface area contributed by atoms with Crippen LogP contribution in [0.3, 0.4) is 0 Å². The molecule has 3 unspecified atom stereocenters. The third-order valence-corrected chi connectivity index (χ3v) is 5.09. The molecule has 0 aromatic heterocycles. The second kappa shape index (κ2) is 6.35. The van der Waals surface area contributed by atoms with E-state index in [1.807, 2.05) is 0 Å². The summed E-state index contributed by atoms with van der Waals surface area (Å²) in [6.45, 7) is 3.37. The topological polar surface area (TPSA) is 21.3 Å². The van der Waals surface area contributed by atoms with E-state index in [-0.39, 0.29) is 5.82 Å². The van der Waals surface area contributed by atoms with Crippen LogP contribution in [0.4, 0.5) is 4.39 Å². The Labute approximate surface area is 127 Å². The summed E-state index contributed by atoms with van der Waals surface area (Å²) in [5, 5.41) is 3.66. The molecule has 0 saturated heterocycles. The van der Waals surface area contributed by atoms with E-state index < -0.39 is 0 Å². The number of hydrogen-bond acceptors (Lipinski definition) is 2. The molecule has 2 fully saturated rings.